The standard InChI is InChI=1S/C18H30O3S.Fe.Na/c1-2-3-4-5-6-7-8-9-10-14-17-21-22(19,20)18-15-12-11-13-16-18;;/h11-13,15-16H,2-10,14,17H2,1H3;;. The van der Waals surface area contributed by atoms with Crippen LogP contribution >= 0.6 is 0 Å². The van der Waals surface area contributed by atoms with Crippen LogP contribution in [0.1, 0.15) is 71.1 Å². The Morgan fingerprint density at radius 1 is 0.792 bits per heavy atom. The Morgan fingerprint density at radius 2 is 1.25 bits per heavy atom. The Morgan fingerprint density at radius 3 is 1.75 bits per heavy atom. The zero-order valence-electron chi connectivity index (χ0n) is 15.2. The van der Waals surface area contributed by atoms with E-state index in [1.165, 1.54) is 51.4 Å². The molecule has 0 unspecified atom stereocenters. The van der Waals surface area contributed by atoms with Crippen molar-refractivity contribution in [3.05, 3.63) is 30.3 Å². The van der Waals surface area contributed by atoms with Gasteiger partial charge >= 0.3 is 0 Å². The maximum atomic E-state index is 11.9. The molecule has 135 valence electrons. The number of hydrogen-bond donors (Lipinski definition) is 0. The second-order valence-electron chi connectivity index (χ2n) is 5.77. The molecule has 0 heterocycles. The predicted octanol–water partition coefficient (Wildman–Crippen LogP) is 4.93. The zero-order chi connectivity index (χ0) is 16.1. The summed E-state index contributed by atoms with van der Waals surface area (Å²) in [4.78, 5) is 0.238. The molecule has 0 aliphatic carbocycles. The maximum Gasteiger partial charge on any atom is 0.296 e. The summed E-state index contributed by atoms with van der Waals surface area (Å²) in [6.07, 6.45) is 12.3. The number of hydrogen-bond acceptors (Lipinski definition) is 3. The molecule has 0 aromatic heterocycles. The van der Waals surface area contributed by atoms with E-state index in [1.807, 2.05) is 0 Å². The van der Waals surface area contributed by atoms with E-state index in [2.05, 4.69) is 6.92 Å². The summed E-state index contributed by atoms with van der Waals surface area (Å²) in [6.45, 7) is 2.52. The minimum Gasteiger partial charge on any atom is -0.266 e. The molecule has 0 amide bonds. The molecule has 1 rings (SSSR count). The quantitative estimate of drug-likeness (QED) is 0.266. The van der Waals surface area contributed by atoms with Crippen molar-refractivity contribution in [1.29, 1.82) is 0 Å². The van der Waals surface area contributed by atoms with Crippen molar-refractivity contribution < 1.29 is 29.7 Å². The van der Waals surface area contributed by atoms with Gasteiger partial charge in [-0.05, 0) is 18.6 Å². The molecule has 0 saturated carbocycles. The summed E-state index contributed by atoms with van der Waals surface area (Å²) in [5.41, 5.74) is 0. The molecule has 1 aromatic rings. The fraction of sp³-hybridized carbons (Fsp3) is 0.667. The average molecular weight is 405 g/mol. The van der Waals surface area contributed by atoms with E-state index in [1.54, 1.807) is 30.3 Å². The molecular formula is C18H30FeNaO3S. The van der Waals surface area contributed by atoms with Crippen LogP contribution in [0.4, 0.5) is 0 Å². The predicted molar refractivity (Wildman–Crippen MR) is 97.2 cm³/mol. The van der Waals surface area contributed by atoms with Crippen LogP contribution in [0.15, 0.2) is 35.2 Å². The van der Waals surface area contributed by atoms with Gasteiger partial charge in [0.15, 0.2) is 0 Å². The fourth-order valence-corrected chi connectivity index (χ4v) is 3.38. The smallest absolute Gasteiger partial charge is 0.266 e. The first-order chi connectivity index (χ1) is 10.7. The van der Waals surface area contributed by atoms with Gasteiger partial charge in [-0.2, -0.15) is 8.42 Å². The molecule has 1 aromatic carbocycles. The first-order valence-corrected chi connectivity index (χ1v) is 10.0. The van der Waals surface area contributed by atoms with Crippen LogP contribution in [0.25, 0.3) is 0 Å². The number of benzene rings is 1. The van der Waals surface area contributed by atoms with Crippen molar-refractivity contribution in [2.75, 3.05) is 6.61 Å². The fourth-order valence-electron chi connectivity index (χ4n) is 2.41. The molecule has 0 spiro atoms. The van der Waals surface area contributed by atoms with E-state index in [4.69, 9.17) is 4.18 Å². The molecule has 0 fully saturated rings. The molecule has 0 N–H and O–H groups in total. The summed E-state index contributed by atoms with van der Waals surface area (Å²) >= 11 is 0. The van der Waals surface area contributed by atoms with Crippen molar-refractivity contribution in [2.45, 2.75) is 76.0 Å². The Hall–Kier alpha value is 0.649. The van der Waals surface area contributed by atoms with Gasteiger partial charge in [0.2, 0.25) is 0 Å². The third kappa shape index (κ3) is 12.9. The summed E-state index contributed by atoms with van der Waals surface area (Å²) in [5.74, 6) is 0. The third-order valence-corrected chi connectivity index (χ3v) is 5.09. The number of rotatable bonds is 13. The summed E-state index contributed by atoms with van der Waals surface area (Å²) in [6, 6.07) is 8.33. The Kier molecular flexibility index (Phi) is 19.1. The Bertz CT molecular complexity index is 480. The van der Waals surface area contributed by atoms with Crippen LogP contribution < -0.4 is 0 Å². The molecule has 0 aliphatic heterocycles. The molecule has 0 saturated heterocycles. The van der Waals surface area contributed by atoms with Crippen molar-refractivity contribution in [2.24, 2.45) is 0 Å². The molecule has 1 radical (unpaired) electrons. The van der Waals surface area contributed by atoms with Crippen molar-refractivity contribution in [3.63, 3.8) is 0 Å². The van der Waals surface area contributed by atoms with Crippen molar-refractivity contribution >= 4 is 39.7 Å². The third-order valence-electron chi connectivity index (χ3n) is 3.77. The molecule has 24 heavy (non-hydrogen) atoms. The topological polar surface area (TPSA) is 43.4 Å². The summed E-state index contributed by atoms with van der Waals surface area (Å²) in [7, 11) is -3.57. The van der Waals surface area contributed by atoms with Crippen LogP contribution in [-0.4, -0.2) is 44.6 Å². The van der Waals surface area contributed by atoms with E-state index in [9.17, 15) is 8.42 Å². The van der Waals surface area contributed by atoms with Crippen molar-refractivity contribution in [3.8, 4) is 0 Å². The van der Waals surface area contributed by atoms with E-state index in [-0.39, 0.29) is 58.1 Å². The SMILES string of the molecule is CCCCCCCCCCCCOS(=O)(=O)c1ccccc1.[Fe].[Na]. The minimum atomic E-state index is -3.57. The van der Waals surface area contributed by atoms with E-state index in [0.717, 1.165) is 12.8 Å². The van der Waals surface area contributed by atoms with Crippen LogP contribution in [0.2, 0.25) is 0 Å². The summed E-state index contributed by atoms with van der Waals surface area (Å²) in [5, 5.41) is 0. The van der Waals surface area contributed by atoms with Gasteiger partial charge in [0.25, 0.3) is 10.1 Å². The van der Waals surface area contributed by atoms with Gasteiger partial charge in [-0.1, -0.05) is 82.9 Å². The molecular weight excluding hydrogens is 375 g/mol. The molecule has 3 nitrogen and oxygen atoms in total. The Labute approximate surface area is 181 Å². The largest absolute Gasteiger partial charge is 0.296 e. The van der Waals surface area contributed by atoms with Crippen LogP contribution in [0, 0.1) is 0 Å². The summed E-state index contributed by atoms with van der Waals surface area (Å²) < 4.78 is 28.8. The van der Waals surface area contributed by atoms with Gasteiger partial charge in [-0.3, -0.25) is 4.18 Å². The van der Waals surface area contributed by atoms with Gasteiger partial charge in [0.1, 0.15) is 0 Å². The van der Waals surface area contributed by atoms with Crippen LogP contribution in [0.3, 0.4) is 0 Å². The first kappa shape index (κ1) is 26.9. The Balaban J connectivity index is 0. The van der Waals surface area contributed by atoms with Crippen molar-refractivity contribution in [1.82, 2.24) is 0 Å². The molecule has 0 aliphatic rings. The average Bonchev–Trinajstić information content (AvgIpc) is 2.53. The second kappa shape index (κ2) is 17.1. The molecule has 6 heteroatoms. The zero-order valence-corrected chi connectivity index (χ0v) is 19.1. The van der Waals surface area contributed by atoms with E-state index < -0.39 is 10.1 Å². The van der Waals surface area contributed by atoms with Gasteiger partial charge in [-0.25, -0.2) is 0 Å². The minimum absolute atomic E-state index is 0. The van der Waals surface area contributed by atoms with Crippen LogP contribution in [0.5, 0.6) is 0 Å². The monoisotopic (exact) mass is 405 g/mol. The van der Waals surface area contributed by atoms with Gasteiger partial charge in [0, 0.05) is 46.6 Å². The van der Waals surface area contributed by atoms with Crippen LogP contribution in [-0.2, 0) is 31.4 Å². The second-order valence-corrected chi connectivity index (χ2v) is 7.39. The van der Waals surface area contributed by atoms with E-state index >= 15 is 0 Å². The van der Waals surface area contributed by atoms with E-state index in [0.29, 0.717) is 0 Å². The van der Waals surface area contributed by atoms with Gasteiger partial charge in [0.05, 0.1) is 11.5 Å². The first-order valence-electron chi connectivity index (χ1n) is 8.61. The molecule has 0 atom stereocenters. The van der Waals surface area contributed by atoms with Gasteiger partial charge in [-0.15, -0.1) is 0 Å². The maximum absolute atomic E-state index is 11.9. The molecule has 0 bridgehead atoms. The normalized spacial score (nSPS) is 10.7. The number of unbranched alkanes of at least 4 members (excludes halogenated alkanes) is 9. The van der Waals surface area contributed by atoms with Gasteiger partial charge < -0.3 is 0 Å².